The number of hydrogen-bond donors (Lipinski definition) is 1. The third kappa shape index (κ3) is 3.38. The molecule has 0 fully saturated rings. The highest BCUT2D eigenvalue weighted by Gasteiger charge is 2.02. The van der Waals surface area contributed by atoms with E-state index in [1.54, 1.807) is 7.11 Å². The molecule has 1 atom stereocenters. The van der Waals surface area contributed by atoms with Crippen molar-refractivity contribution in [2.45, 2.75) is 32.2 Å². The summed E-state index contributed by atoms with van der Waals surface area (Å²) in [5.74, 6) is 0.901. The van der Waals surface area contributed by atoms with Crippen molar-refractivity contribution in [1.29, 1.82) is 0 Å². The Labute approximate surface area is 86.1 Å². The van der Waals surface area contributed by atoms with Gasteiger partial charge in [-0.1, -0.05) is 25.5 Å². The highest BCUT2D eigenvalue weighted by Crippen LogP contribution is 2.13. The zero-order chi connectivity index (χ0) is 10.4. The van der Waals surface area contributed by atoms with Gasteiger partial charge < -0.3 is 10.5 Å². The van der Waals surface area contributed by atoms with Crippen LogP contribution in [0, 0.1) is 0 Å². The summed E-state index contributed by atoms with van der Waals surface area (Å²) in [5, 5.41) is 0. The summed E-state index contributed by atoms with van der Waals surface area (Å²) < 4.78 is 5.09. The van der Waals surface area contributed by atoms with Gasteiger partial charge in [-0.15, -0.1) is 0 Å². The Hall–Kier alpha value is -1.02. The van der Waals surface area contributed by atoms with E-state index in [0.29, 0.717) is 0 Å². The third-order valence-corrected chi connectivity index (χ3v) is 2.32. The van der Waals surface area contributed by atoms with Crippen LogP contribution in [0.1, 0.15) is 25.3 Å². The van der Waals surface area contributed by atoms with Crippen LogP contribution in [0.2, 0.25) is 0 Å². The topological polar surface area (TPSA) is 35.2 Å². The number of methoxy groups -OCH3 is 1. The number of benzene rings is 1. The van der Waals surface area contributed by atoms with Gasteiger partial charge in [-0.25, -0.2) is 0 Å². The van der Waals surface area contributed by atoms with Crippen molar-refractivity contribution in [2.24, 2.45) is 5.73 Å². The highest BCUT2D eigenvalue weighted by molar-refractivity contribution is 5.27. The van der Waals surface area contributed by atoms with E-state index in [4.69, 9.17) is 10.5 Å². The molecule has 1 unspecified atom stereocenters. The fourth-order valence-electron chi connectivity index (χ4n) is 1.54. The van der Waals surface area contributed by atoms with Gasteiger partial charge in [-0.2, -0.15) is 0 Å². The fraction of sp³-hybridized carbons (Fsp3) is 0.500. The first-order chi connectivity index (χ1) is 6.76. The number of ether oxygens (including phenoxy) is 1. The molecule has 1 rings (SSSR count). The van der Waals surface area contributed by atoms with Crippen molar-refractivity contribution in [3.8, 4) is 5.75 Å². The van der Waals surface area contributed by atoms with Gasteiger partial charge in [0.2, 0.25) is 0 Å². The van der Waals surface area contributed by atoms with Crippen LogP contribution < -0.4 is 10.5 Å². The monoisotopic (exact) mass is 193 g/mol. The molecule has 14 heavy (non-hydrogen) atoms. The van der Waals surface area contributed by atoms with Crippen molar-refractivity contribution >= 4 is 0 Å². The lowest BCUT2D eigenvalue weighted by molar-refractivity contribution is 0.414. The summed E-state index contributed by atoms with van der Waals surface area (Å²) in [5.41, 5.74) is 7.24. The molecule has 0 aliphatic heterocycles. The zero-order valence-corrected chi connectivity index (χ0v) is 8.99. The largest absolute Gasteiger partial charge is 0.497 e. The lowest BCUT2D eigenvalue weighted by Gasteiger charge is -2.10. The summed E-state index contributed by atoms with van der Waals surface area (Å²) in [6.45, 7) is 2.16. The molecule has 1 aromatic carbocycles. The van der Waals surface area contributed by atoms with Gasteiger partial charge in [-0.3, -0.25) is 0 Å². The minimum Gasteiger partial charge on any atom is -0.497 e. The Morgan fingerprint density at radius 2 is 1.93 bits per heavy atom. The maximum absolute atomic E-state index is 5.96. The molecule has 2 nitrogen and oxygen atoms in total. The Bertz CT molecular complexity index is 256. The molecule has 0 amide bonds. The summed E-state index contributed by atoms with van der Waals surface area (Å²) in [6, 6.07) is 8.40. The van der Waals surface area contributed by atoms with Crippen LogP contribution in [0.5, 0.6) is 5.75 Å². The molecule has 2 N–H and O–H groups in total. The van der Waals surface area contributed by atoms with E-state index < -0.39 is 0 Å². The molecule has 0 aliphatic carbocycles. The first kappa shape index (κ1) is 11.1. The fourth-order valence-corrected chi connectivity index (χ4v) is 1.54. The van der Waals surface area contributed by atoms with Crippen LogP contribution in [0.25, 0.3) is 0 Å². The molecule has 0 heterocycles. The van der Waals surface area contributed by atoms with Gasteiger partial charge in [-0.05, 0) is 30.5 Å². The van der Waals surface area contributed by atoms with E-state index in [0.717, 1.165) is 25.0 Å². The van der Waals surface area contributed by atoms with E-state index in [1.165, 1.54) is 5.56 Å². The number of nitrogens with two attached hydrogens (primary N) is 1. The lowest BCUT2D eigenvalue weighted by Crippen LogP contribution is -2.22. The maximum Gasteiger partial charge on any atom is 0.118 e. The van der Waals surface area contributed by atoms with Crippen molar-refractivity contribution in [3.63, 3.8) is 0 Å². The molecular weight excluding hydrogens is 174 g/mol. The van der Waals surface area contributed by atoms with Crippen LogP contribution in [0.3, 0.4) is 0 Å². The van der Waals surface area contributed by atoms with Gasteiger partial charge in [0.05, 0.1) is 7.11 Å². The van der Waals surface area contributed by atoms with Gasteiger partial charge in [0.25, 0.3) is 0 Å². The van der Waals surface area contributed by atoms with Gasteiger partial charge in [0.1, 0.15) is 5.75 Å². The van der Waals surface area contributed by atoms with E-state index >= 15 is 0 Å². The molecule has 0 aromatic heterocycles. The Balaban J connectivity index is 2.50. The van der Waals surface area contributed by atoms with Crippen molar-refractivity contribution in [2.75, 3.05) is 7.11 Å². The molecule has 0 spiro atoms. The highest BCUT2D eigenvalue weighted by atomic mass is 16.5. The predicted octanol–water partition coefficient (Wildman–Crippen LogP) is 2.37. The zero-order valence-electron chi connectivity index (χ0n) is 8.99. The second-order valence-electron chi connectivity index (χ2n) is 3.60. The average molecular weight is 193 g/mol. The maximum atomic E-state index is 5.96. The second kappa shape index (κ2) is 5.66. The summed E-state index contributed by atoms with van der Waals surface area (Å²) in [4.78, 5) is 0. The minimum absolute atomic E-state index is 0.286. The summed E-state index contributed by atoms with van der Waals surface area (Å²) in [6.07, 6.45) is 3.20. The van der Waals surface area contributed by atoms with Gasteiger partial charge in [0, 0.05) is 6.04 Å². The standard InChI is InChI=1S/C12H19NO/c1-3-4-11(13)9-10-5-7-12(14-2)8-6-10/h5-8,11H,3-4,9,13H2,1-2H3. The van der Waals surface area contributed by atoms with Crippen LogP contribution in [-0.4, -0.2) is 13.2 Å². The lowest BCUT2D eigenvalue weighted by atomic mass is 10.0. The van der Waals surface area contributed by atoms with Crippen molar-refractivity contribution in [1.82, 2.24) is 0 Å². The number of hydrogen-bond acceptors (Lipinski definition) is 2. The van der Waals surface area contributed by atoms with Crippen LogP contribution in [0.15, 0.2) is 24.3 Å². The van der Waals surface area contributed by atoms with E-state index in [1.807, 2.05) is 12.1 Å². The SMILES string of the molecule is CCCC(N)Cc1ccc(OC)cc1. The second-order valence-corrected chi connectivity index (χ2v) is 3.60. The van der Waals surface area contributed by atoms with Crippen LogP contribution in [-0.2, 0) is 6.42 Å². The van der Waals surface area contributed by atoms with Crippen molar-refractivity contribution < 1.29 is 4.74 Å². The van der Waals surface area contributed by atoms with E-state index in [9.17, 15) is 0 Å². The molecule has 1 aromatic rings. The number of rotatable bonds is 5. The normalized spacial score (nSPS) is 12.5. The summed E-state index contributed by atoms with van der Waals surface area (Å²) in [7, 11) is 1.68. The molecule has 78 valence electrons. The third-order valence-electron chi connectivity index (χ3n) is 2.32. The van der Waals surface area contributed by atoms with Crippen molar-refractivity contribution in [3.05, 3.63) is 29.8 Å². The van der Waals surface area contributed by atoms with Crippen LogP contribution in [0.4, 0.5) is 0 Å². The first-order valence-corrected chi connectivity index (χ1v) is 5.14. The Morgan fingerprint density at radius 1 is 1.29 bits per heavy atom. The Morgan fingerprint density at radius 3 is 2.43 bits per heavy atom. The minimum atomic E-state index is 0.286. The molecular formula is C12H19NO. The first-order valence-electron chi connectivity index (χ1n) is 5.14. The molecule has 0 aliphatic rings. The average Bonchev–Trinajstić information content (AvgIpc) is 2.19. The molecule has 0 saturated carbocycles. The van der Waals surface area contributed by atoms with E-state index in [2.05, 4.69) is 19.1 Å². The smallest absolute Gasteiger partial charge is 0.118 e. The molecule has 0 bridgehead atoms. The molecule has 0 radical (unpaired) electrons. The quantitative estimate of drug-likeness (QED) is 0.779. The van der Waals surface area contributed by atoms with Crippen LogP contribution >= 0.6 is 0 Å². The van der Waals surface area contributed by atoms with Gasteiger partial charge in [0.15, 0.2) is 0 Å². The van der Waals surface area contributed by atoms with E-state index in [-0.39, 0.29) is 6.04 Å². The predicted molar refractivity (Wildman–Crippen MR) is 59.6 cm³/mol. The van der Waals surface area contributed by atoms with Gasteiger partial charge >= 0.3 is 0 Å². The summed E-state index contributed by atoms with van der Waals surface area (Å²) >= 11 is 0. The molecule has 2 heteroatoms. The Kier molecular flexibility index (Phi) is 4.47. The molecule has 0 saturated heterocycles.